The molecule has 0 bridgehead atoms. The maximum atomic E-state index is 11.2. The number of aromatic nitrogens is 2. The van der Waals surface area contributed by atoms with Crippen LogP contribution in [0.1, 0.15) is 15.8 Å². The largest absolute Gasteiger partial charge is 0.323 e. The van der Waals surface area contributed by atoms with Crippen LogP contribution in [0.5, 0.6) is 0 Å². The number of hydrogen-bond donors (Lipinski definition) is 2. The monoisotopic (exact) mass is 342 g/mol. The lowest BCUT2D eigenvalue weighted by Gasteiger charge is -2.07. The third-order valence-corrected chi connectivity index (χ3v) is 4.98. The van der Waals surface area contributed by atoms with Crippen molar-refractivity contribution in [1.29, 1.82) is 0 Å². The van der Waals surface area contributed by atoms with E-state index in [9.17, 15) is 4.79 Å². The zero-order valence-corrected chi connectivity index (χ0v) is 12.2. The molecule has 0 saturated heterocycles. The Labute approximate surface area is 120 Å². The van der Waals surface area contributed by atoms with Gasteiger partial charge in [0.05, 0.1) is 20.2 Å². The highest BCUT2D eigenvalue weighted by Crippen LogP contribution is 2.36. The summed E-state index contributed by atoms with van der Waals surface area (Å²) in [6.07, 6.45) is 0. The van der Waals surface area contributed by atoms with Gasteiger partial charge < -0.3 is 9.97 Å². The van der Waals surface area contributed by atoms with Crippen molar-refractivity contribution in [2.24, 2.45) is 0 Å². The second-order valence-corrected chi connectivity index (χ2v) is 6.82. The molecule has 0 saturated carbocycles. The molecule has 0 aliphatic carbocycles. The number of aromatic amines is 2. The Balaban J connectivity index is 2.05. The van der Waals surface area contributed by atoms with Gasteiger partial charge in [0.15, 0.2) is 0 Å². The number of nitrogens with one attached hydrogen (secondary N) is 2. The number of halogens is 2. The normalized spacial score (nSPS) is 13.0. The third kappa shape index (κ3) is 2.13. The molecule has 1 unspecified atom stereocenters. The summed E-state index contributed by atoms with van der Waals surface area (Å²) in [5.74, 6) is 0. The Morgan fingerprint density at radius 1 is 1.17 bits per heavy atom. The van der Waals surface area contributed by atoms with Crippen molar-refractivity contribution >= 4 is 49.9 Å². The summed E-state index contributed by atoms with van der Waals surface area (Å²) >= 11 is 11.5. The average molecular weight is 344 g/mol. The first-order valence-corrected chi connectivity index (χ1v) is 7.29. The first kappa shape index (κ1) is 12.0. The van der Waals surface area contributed by atoms with Gasteiger partial charge in [-0.25, -0.2) is 4.79 Å². The third-order valence-electron chi connectivity index (χ3n) is 2.68. The fraction of sp³-hybridized carbons (Fsp3) is 0.0833. The van der Waals surface area contributed by atoms with E-state index in [0.717, 1.165) is 25.3 Å². The lowest BCUT2D eigenvalue weighted by Crippen LogP contribution is -1.99. The topological polar surface area (TPSA) is 48.6 Å². The van der Waals surface area contributed by atoms with Gasteiger partial charge in [0.2, 0.25) is 0 Å². The molecule has 0 fully saturated rings. The summed E-state index contributed by atoms with van der Waals surface area (Å²) in [7, 11) is 0. The predicted octanol–water partition coefficient (Wildman–Crippen LogP) is 4.01. The van der Waals surface area contributed by atoms with Gasteiger partial charge in [-0.1, -0.05) is 6.07 Å². The van der Waals surface area contributed by atoms with Crippen LogP contribution in [0.3, 0.4) is 0 Å². The highest BCUT2D eigenvalue weighted by atomic mass is 79.9. The zero-order valence-electron chi connectivity index (χ0n) is 9.04. The average Bonchev–Trinajstić information content (AvgIpc) is 2.92. The van der Waals surface area contributed by atoms with E-state index in [4.69, 9.17) is 11.6 Å². The maximum Gasteiger partial charge on any atom is 0.323 e. The molecule has 2 aromatic heterocycles. The standard InChI is InChI=1S/C12H8BrClN2OS/c13-10-4-3-9(18-10)11(14)6-1-2-7-8(5-6)16-12(17)15-7/h1-5,11H,(H2,15,16,17). The van der Waals surface area contributed by atoms with E-state index >= 15 is 0 Å². The number of hydrogen-bond acceptors (Lipinski definition) is 2. The number of alkyl halides is 1. The number of rotatable bonds is 2. The van der Waals surface area contributed by atoms with Crippen molar-refractivity contribution in [3.8, 4) is 0 Å². The minimum atomic E-state index is -0.205. The Morgan fingerprint density at radius 2 is 1.94 bits per heavy atom. The van der Waals surface area contributed by atoms with Gasteiger partial charge in [0.25, 0.3) is 0 Å². The molecular weight excluding hydrogens is 336 g/mol. The highest BCUT2D eigenvalue weighted by molar-refractivity contribution is 9.11. The first-order valence-electron chi connectivity index (χ1n) is 5.25. The number of H-pyrrole nitrogens is 2. The highest BCUT2D eigenvalue weighted by Gasteiger charge is 2.14. The molecular formula is C12H8BrClN2OS. The molecule has 3 rings (SSSR count). The van der Waals surface area contributed by atoms with Crippen molar-refractivity contribution < 1.29 is 0 Å². The van der Waals surface area contributed by atoms with Gasteiger partial charge >= 0.3 is 5.69 Å². The van der Waals surface area contributed by atoms with Gasteiger partial charge in [0.1, 0.15) is 0 Å². The van der Waals surface area contributed by atoms with E-state index in [2.05, 4.69) is 25.9 Å². The molecule has 0 spiro atoms. The van der Waals surface area contributed by atoms with Gasteiger partial charge in [-0.3, -0.25) is 0 Å². The Morgan fingerprint density at radius 3 is 2.67 bits per heavy atom. The van der Waals surface area contributed by atoms with Crippen LogP contribution in [0.2, 0.25) is 0 Å². The molecule has 0 amide bonds. The molecule has 2 heterocycles. The summed E-state index contributed by atoms with van der Waals surface area (Å²) in [6.45, 7) is 0. The summed E-state index contributed by atoms with van der Waals surface area (Å²) in [5, 5.41) is -0.205. The van der Waals surface area contributed by atoms with Crippen LogP contribution in [0.25, 0.3) is 11.0 Å². The van der Waals surface area contributed by atoms with E-state index in [0.29, 0.717) is 0 Å². The second-order valence-electron chi connectivity index (χ2n) is 3.89. The van der Waals surface area contributed by atoms with E-state index in [1.165, 1.54) is 0 Å². The van der Waals surface area contributed by atoms with Crippen molar-refractivity contribution in [3.05, 3.63) is 55.0 Å². The van der Waals surface area contributed by atoms with Gasteiger partial charge in [0, 0.05) is 4.88 Å². The Hall–Kier alpha value is -1.04. The Bertz CT molecular complexity index is 761. The molecule has 92 valence electrons. The molecule has 18 heavy (non-hydrogen) atoms. The summed E-state index contributed by atoms with van der Waals surface area (Å²) < 4.78 is 1.05. The van der Waals surface area contributed by atoms with E-state index in [1.807, 2.05) is 30.3 Å². The zero-order chi connectivity index (χ0) is 12.7. The van der Waals surface area contributed by atoms with Crippen LogP contribution in [-0.2, 0) is 0 Å². The minimum absolute atomic E-state index is 0.202. The number of benzene rings is 1. The molecule has 1 atom stereocenters. The quantitative estimate of drug-likeness (QED) is 0.679. The molecule has 0 radical (unpaired) electrons. The van der Waals surface area contributed by atoms with Crippen LogP contribution in [-0.4, -0.2) is 9.97 Å². The van der Waals surface area contributed by atoms with Crippen LogP contribution in [0.4, 0.5) is 0 Å². The van der Waals surface area contributed by atoms with Crippen molar-refractivity contribution in [2.45, 2.75) is 5.38 Å². The van der Waals surface area contributed by atoms with Crippen molar-refractivity contribution in [2.75, 3.05) is 0 Å². The SMILES string of the molecule is O=c1[nH]c2ccc(C(Cl)c3ccc(Br)s3)cc2[nH]1. The predicted molar refractivity (Wildman–Crippen MR) is 78.6 cm³/mol. The fourth-order valence-electron chi connectivity index (χ4n) is 1.84. The lowest BCUT2D eigenvalue weighted by molar-refractivity contribution is 1.19. The second kappa shape index (κ2) is 4.57. The molecule has 6 heteroatoms. The summed E-state index contributed by atoms with van der Waals surface area (Å²) in [6, 6.07) is 9.67. The van der Waals surface area contributed by atoms with E-state index < -0.39 is 0 Å². The van der Waals surface area contributed by atoms with Gasteiger partial charge in [-0.15, -0.1) is 22.9 Å². The van der Waals surface area contributed by atoms with E-state index in [-0.39, 0.29) is 11.1 Å². The smallest absolute Gasteiger partial charge is 0.306 e. The molecule has 0 aliphatic rings. The van der Waals surface area contributed by atoms with Crippen LogP contribution >= 0.6 is 38.9 Å². The van der Waals surface area contributed by atoms with E-state index in [1.54, 1.807) is 11.3 Å². The Kier molecular flexibility index (Phi) is 3.05. The maximum absolute atomic E-state index is 11.2. The minimum Gasteiger partial charge on any atom is -0.306 e. The first-order chi connectivity index (χ1) is 8.63. The molecule has 1 aromatic carbocycles. The fourth-order valence-corrected chi connectivity index (χ4v) is 3.61. The van der Waals surface area contributed by atoms with Crippen LogP contribution in [0, 0.1) is 0 Å². The number of imidazole rings is 1. The molecule has 0 aliphatic heterocycles. The molecule has 3 aromatic rings. The lowest BCUT2D eigenvalue weighted by atomic mass is 10.1. The summed E-state index contributed by atoms with van der Waals surface area (Å²) in [4.78, 5) is 17.7. The summed E-state index contributed by atoms with van der Waals surface area (Å²) in [5.41, 5.74) is 2.33. The van der Waals surface area contributed by atoms with Crippen LogP contribution in [0.15, 0.2) is 38.9 Å². The van der Waals surface area contributed by atoms with Crippen molar-refractivity contribution in [3.63, 3.8) is 0 Å². The van der Waals surface area contributed by atoms with Gasteiger partial charge in [-0.2, -0.15) is 0 Å². The molecule has 2 N–H and O–H groups in total. The van der Waals surface area contributed by atoms with Crippen LogP contribution < -0.4 is 5.69 Å². The number of thiophene rings is 1. The van der Waals surface area contributed by atoms with Gasteiger partial charge in [-0.05, 0) is 45.8 Å². The van der Waals surface area contributed by atoms with Crippen molar-refractivity contribution in [1.82, 2.24) is 9.97 Å². The molecule has 3 nitrogen and oxygen atoms in total. The number of fused-ring (bicyclic) bond motifs is 1.